The number of rotatable bonds is 0. The van der Waals surface area contributed by atoms with E-state index in [9.17, 15) is 14.7 Å². The number of phenols is 1. The molecule has 5 fully saturated rings. The van der Waals surface area contributed by atoms with Crippen molar-refractivity contribution in [2.45, 2.75) is 76.0 Å². The quantitative estimate of drug-likeness (QED) is 0.576. The number of hydrogen-bond acceptors (Lipinski definition) is 6. The number of nitrogens with zero attached hydrogens (tertiary/aromatic N) is 2. The van der Waals surface area contributed by atoms with Crippen LogP contribution in [0.2, 0.25) is 0 Å². The average molecular weight is 494 g/mol. The Kier molecular flexibility index (Phi) is 3.87. The van der Waals surface area contributed by atoms with Crippen LogP contribution in [0.25, 0.3) is 0 Å². The molecule has 2 amide bonds. The Morgan fingerprint density at radius 3 is 2.69 bits per heavy atom. The van der Waals surface area contributed by atoms with Crippen LogP contribution < -0.4 is 14.8 Å². The Bertz CT molecular complexity index is 1290. The molecule has 5 unspecified atom stereocenters. The number of fused-ring (bicyclic) bond motifs is 5. The molecular formula is C28H35N3O5. The Morgan fingerprint density at radius 1 is 1.19 bits per heavy atom. The molecule has 8 heteroatoms. The van der Waals surface area contributed by atoms with Gasteiger partial charge in [-0.05, 0) is 63.0 Å². The van der Waals surface area contributed by atoms with E-state index in [1.54, 1.807) is 12.3 Å². The molecule has 5 atom stereocenters. The predicted octanol–water partition coefficient (Wildman–Crippen LogP) is 3.39. The van der Waals surface area contributed by atoms with Crippen molar-refractivity contribution in [2.24, 2.45) is 17.3 Å². The van der Waals surface area contributed by atoms with E-state index in [0.717, 1.165) is 25.9 Å². The molecule has 2 N–H and O–H groups in total. The molecule has 1 aromatic rings. The summed E-state index contributed by atoms with van der Waals surface area (Å²) in [5, 5.41) is 14.6. The van der Waals surface area contributed by atoms with Crippen LogP contribution in [-0.2, 0) is 15.0 Å². The smallest absolute Gasteiger partial charge is 0.243 e. The second kappa shape index (κ2) is 6.21. The monoisotopic (exact) mass is 493 g/mol. The Balaban J connectivity index is 1.44. The zero-order valence-corrected chi connectivity index (χ0v) is 21.9. The van der Waals surface area contributed by atoms with Gasteiger partial charge in [-0.25, -0.2) is 0 Å². The molecule has 1 aliphatic carbocycles. The first-order valence-corrected chi connectivity index (χ1v) is 13.1. The van der Waals surface area contributed by atoms with Crippen LogP contribution in [0.5, 0.6) is 17.2 Å². The van der Waals surface area contributed by atoms with Crippen LogP contribution in [0, 0.1) is 17.3 Å². The van der Waals surface area contributed by atoms with Gasteiger partial charge in [-0.2, -0.15) is 0 Å². The first-order chi connectivity index (χ1) is 16.8. The van der Waals surface area contributed by atoms with Gasteiger partial charge in [-0.3, -0.25) is 14.5 Å². The summed E-state index contributed by atoms with van der Waals surface area (Å²) in [5.41, 5.74) is -2.08. The summed E-state index contributed by atoms with van der Waals surface area (Å²) in [4.78, 5) is 32.5. The lowest BCUT2D eigenvalue weighted by Crippen LogP contribution is -2.79. The minimum Gasteiger partial charge on any atom is -0.507 e. The van der Waals surface area contributed by atoms with Gasteiger partial charge in [0.25, 0.3) is 0 Å². The number of likely N-dealkylation sites (N-methyl/N-ethyl adjacent to an activating group) is 1. The number of hydrogen-bond donors (Lipinski definition) is 2. The van der Waals surface area contributed by atoms with E-state index >= 15 is 0 Å². The lowest BCUT2D eigenvalue weighted by molar-refractivity contribution is -0.189. The van der Waals surface area contributed by atoms with Crippen molar-refractivity contribution < 1.29 is 24.2 Å². The second-order valence-corrected chi connectivity index (χ2v) is 13.1. The molecule has 8 rings (SSSR count). The molecule has 3 spiro atoms. The number of piperidine rings is 2. The molecule has 1 aromatic carbocycles. The minimum atomic E-state index is -1.01. The summed E-state index contributed by atoms with van der Waals surface area (Å²) in [6, 6.07) is 1.59. The lowest BCUT2D eigenvalue weighted by atomic mass is 9.56. The van der Waals surface area contributed by atoms with E-state index in [1.807, 2.05) is 31.9 Å². The van der Waals surface area contributed by atoms with Gasteiger partial charge in [-0.1, -0.05) is 20.8 Å². The maximum Gasteiger partial charge on any atom is 0.243 e. The summed E-state index contributed by atoms with van der Waals surface area (Å²) >= 11 is 0. The highest BCUT2D eigenvalue weighted by Gasteiger charge is 2.80. The van der Waals surface area contributed by atoms with E-state index in [4.69, 9.17) is 9.47 Å². The number of nitrogens with one attached hydrogen (secondary N) is 1. The number of aromatic hydroxyl groups is 1. The summed E-state index contributed by atoms with van der Waals surface area (Å²) in [5.74, 6) is 1.27. The van der Waals surface area contributed by atoms with Crippen LogP contribution in [-0.4, -0.2) is 63.5 Å². The molecule has 1 saturated carbocycles. The first-order valence-electron chi connectivity index (χ1n) is 13.1. The van der Waals surface area contributed by atoms with E-state index in [1.165, 1.54) is 0 Å². The number of carbonyl (C=O) groups excluding carboxylic acids is 2. The molecule has 0 aromatic heterocycles. The molecule has 36 heavy (non-hydrogen) atoms. The van der Waals surface area contributed by atoms with Crippen molar-refractivity contribution in [1.82, 2.24) is 9.80 Å². The van der Waals surface area contributed by atoms with Crippen molar-refractivity contribution in [3.8, 4) is 17.2 Å². The van der Waals surface area contributed by atoms with E-state index in [-0.39, 0.29) is 29.4 Å². The van der Waals surface area contributed by atoms with Crippen molar-refractivity contribution in [2.75, 3.05) is 25.5 Å². The summed E-state index contributed by atoms with van der Waals surface area (Å²) in [6.45, 7) is 12.0. The van der Waals surface area contributed by atoms with Crippen LogP contribution >= 0.6 is 0 Å². The van der Waals surface area contributed by atoms with Gasteiger partial charge in [-0.15, -0.1) is 0 Å². The molecule has 0 radical (unpaired) electrons. The number of phenolic OH excluding ortho intramolecular Hbond substituents is 1. The predicted molar refractivity (Wildman–Crippen MR) is 133 cm³/mol. The van der Waals surface area contributed by atoms with Crippen LogP contribution in [0.3, 0.4) is 0 Å². The number of ether oxygens (including phenoxy) is 2. The molecule has 7 aliphatic rings. The van der Waals surface area contributed by atoms with Gasteiger partial charge in [0.05, 0.1) is 22.9 Å². The van der Waals surface area contributed by atoms with Crippen LogP contribution in [0.4, 0.5) is 5.69 Å². The number of piperazine rings is 1. The van der Waals surface area contributed by atoms with Crippen LogP contribution in [0.1, 0.15) is 59.4 Å². The Morgan fingerprint density at radius 2 is 1.94 bits per heavy atom. The molecule has 6 aliphatic heterocycles. The number of benzene rings is 1. The SMILES string of the molecule is CC1CCN2CC34CC5(C(=O)Nc6c7c(cc(O)c65)OC(C)(C)C=CO7)C(C)(C)C3CC12C(=O)N4C. The topological polar surface area (TPSA) is 91.3 Å². The number of amides is 2. The molecule has 4 saturated heterocycles. The maximum absolute atomic E-state index is 14.2. The summed E-state index contributed by atoms with van der Waals surface area (Å²) in [6.07, 6.45) is 5.63. The van der Waals surface area contributed by atoms with Gasteiger partial charge < -0.3 is 24.8 Å². The third kappa shape index (κ3) is 2.15. The standard InChI is InChI=1S/C28H35N3O5/c1-15-7-9-31-14-26-13-27(25(4,5)18(26)12-28(15,31)23(34)30(26)6)19-16(32)11-17-21(20(19)29-22(27)33)35-10-8-24(2,3)36-17/h8,10-11,15,18,32H,7,9,12-14H2,1-6H3,(H,29,33). The third-order valence-electron chi connectivity index (χ3n) is 11.0. The second-order valence-electron chi connectivity index (χ2n) is 13.1. The highest BCUT2D eigenvalue weighted by Crippen LogP contribution is 2.73. The van der Waals surface area contributed by atoms with E-state index in [0.29, 0.717) is 29.2 Å². The minimum absolute atomic E-state index is 0.0297. The van der Waals surface area contributed by atoms with Crippen molar-refractivity contribution in [1.29, 1.82) is 0 Å². The van der Waals surface area contributed by atoms with Gasteiger partial charge in [0, 0.05) is 25.2 Å². The maximum atomic E-state index is 14.2. The van der Waals surface area contributed by atoms with Gasteiger partial charge in [0.15, 0.2) is 11.5 Å². The molecule has 6 heterocycles. The van der Waals surface area contributed by atoms with Crippen molar-refractivity contribution in [3.63, 3.8) is 0 Å². The lowest BCUT2D eigenvalue weighted by Gasteiger charge is -2.65. The van der Waals surface area contributed by atoms with Gasteiger partial charge in [0.1, 0.15) is 16.9 Å². The summed E-state index contributed by atoms with van der Waals surface area (Å²) in [7, 11) is 1.93. The molecule has 8 nitrogen and oxygen atoms in total. The fourth-order valence-electron chi connectivity index (χ4n) is 9.14. The third-order valence-corrected chi connectivity index (χ3v) is 11.0. The Hall–Kier alpha value is -2.74. The zero-order valence-electron chi connectivity index (χ0n) is 21.9. The highest BCUT2D eigenvalue weighted by molar-refractivity contribution is 6.10. The van der Waals surface area contributed by atoms with E-state index in [2.05, 4.69) is 31.0 Å². The highest BCUT2D eigenvalue weighted by atomic mass is 16.5. The van der Waals surface area contributed by atoms with Crippen LogP contribution in [0.15, 0.2) is 18.4 Å². The average Bonchev–Trinajstić information content (AvgIpc) is 3.30. The number of carbonyl (C=O) groups is 2. The largest absolute Gasteiger partial charge is 0.507 e. The van der Waals surface area contributed by atoms with Crippen molar-refractivity contribution >= 4 is 17.5 Å². The van der Waals surface area contributed by atoms with Crippen molar-refractivity contribution in [3.05, 3.63) is 24.0 Å². The van der Waals surface area contributed by atoms with Gasteiger partial charge in [0.2, 0.25) is 11.8 Å². The number of anilines is 1. The molecule has 192 valence electrons. The molecular weight excluding hydrogens is 458 g/mol. The Labute approximate surface area is 211 Å². The fourth-order valence-corrected chi connectivity index (χ4v) is 9.14. The first kappa shape index (κ1) is 22.5. The summed E-state index contributed by atoms with van der Waals surface area (Å²) < 4.78 is 12.1. The van der Waals surface area contributed by atoms with Gasteiger partial charge >= 0.3 is 0 Å². The van der Waals surface area contributed by atoms with E-state index < -0.39 is 27.5 Å². The normalized spacial score (nSPS) is 40.8. The molecule has 2 bridgehead atoms. The zero-order chi connectivity index (χ0) is 25.6. The fraction of sp³-hybridized carbons (Fsp3) is 0.643.